The van der Waals surface area contributed by atoms with Crippen LogP contribution in [0.25, 0.3) is 0 Å². The highest BCUT2D eigenvalue weighted by Gasteiger charge is 2.15. The zero-order chi connectivity index (χ0) is 10.7. The van der Waals surface area contributed by atoms with Gasteiger partial charge in [0, 0.05) is 12.6 Å². The SMILES string of the molecule is CC(C)c1ccc(CNC2CCC2)cc1. The summed E-state index contributed by atoms with van der Waals surface area (Å²) in [7, 11) is 0. The average molecular weight is 203 g/mol. The summed E-state index contributed by atoms with van der Waals surface area (Å²) in [4.78, 5) is 0. The minimum atomic E-state index is 0.638. The summed E-state index contributed by atoms with van der Waals surface area (Å²) in [5, 5.41) is 3.58. The molecule has 82 valence electrons. The van der Waals surface area contributed by atoms with E-state index < -0.39 is 0 Å². The van der Waals surface area contributed by atoms with Crippen molar-refractivity contribution in [3.63, 3.8) is 0 Å². The first-order chi connectivity index (χ1) is 7.25. The molecule has 1 N–H and O–H groups in total. The topological polar surface area (TPSA) is 12.0 Å². The molecule has 1 saturated carbocycles. The Kier molecular flexibility index (Phi) is 3.42. The summed E-state index contributed by atoms with van der Waals surface area (Å²) in [5.74, 6) is 0.638. The van der Waals surface area contributed by atoms with Crippen LogP contribution < -0.4 is 5.32 Å². The average Bonchev–Trinajstić information content (AvgIpc) is 2.16. The second-order valence-electron chi connectivity index (χ2n) is 4.91. The maximum Gasteiger partial charge on any atom is 0.0208 e. The molecule has 1 aliphatic rings. The molecule has 1 heteroatoms. The quantitative estimate of drug-likeness (QED) is 0.790. The molecule has 0 heterocycles. The lowest BCUT2D eigenvalue weighted by molar-refractivity contribution is 0.338. The smallest absolute Gasteiger partial charge is 0.0208 e. The van der Waals surface area contributed by atoms with Crippen LogP contribution in [0.3, 0.4) is 0 Å². The van der Waals surface area contributed by atoms with E-state index in [1.165, 1.54) is 30.4 Å². The van der Waals surface area contributed by atoms with Crippen molar-refractivity contribution in [3.8, 4) is 0 Å². The molecule has 0 bridgehead atoms. The fraction of sp³-hybridized carbons (Fsp3) is 0.571. The van der Waals surface area contributed by atoms with Crippen LogP contribution in [-0.4, -0.2) is 6.04 Å². The molecule has 1 nitrogen and oxygen atoms in total. The summed E-state index contributed by atoms with van der Waals surface area (Å²) in [5.41, 5.74) is 2.84. The van der Waals surface area contributed by atoms with Crippen molar-refractivity contribution < 1.29 is 0 Å². The third-order valence-electron chi connectivity index (χ3n) is 3.35. The number of benzene rings is 1. The lowest BCUT2D eigenvalue weighted by Gasteiger charge is -2.26. The van der Waals surface area contributed by atoms with Crippen molar-refractivity contribution in [2.75, 3.05) is 0 Å². The highest BCUT2D eigenvalue weighted by atomic mass is 14.9. The second kappa shape index (κ2) is 4.80. The van der Waals surface area contributed by atoms with E-state index in [-0.39, 0.29) is 0 Å². The first-order valence-electron chi connectivity index (χ1n) is 6.08. The Morgan fingerprint density at radius 3 is 2.33 bits per heavy atom. The van der Waals surface area contributed by atoms with Crippen molar-refractivity contribution in [1.29, 1.82) is 0 Å². The Morgan fingerprint density at radius 2 is 1.87 bits per heavy atom. The zero-order valence-corrected chi connectivity index (χ0v) is 9.79. The Morgan fingerprint density at radius 1 is 1.20 bits per heavy atom. The molecule has 0 unspecified atom stereocenters. The van der Waals surface area contributed by atoms with E-state index in [9.17, 15) is 0 Å². The van der Waals surface area contributed by atoms with Crippen LogP contribution in [0.1, 0.15) is 50.2 Å². The molecule has 1 fully saturated rings. The third kappa shape index (κ3) is 2.82. The maximum absolute atomic E-state index is 3.58. The fourth-order valence-electron chi connectivity index (χ4n) is 1.89. The van der Waals surface area contributed by atoms with Gasteiger partial charge in [0.25, 0.3) is 0 Å². The molecule has 15 heavy (non-hydrogen) atoms. The molecule has 1 aliphatic carbocycles. The first kappa shape index (κ1) is 10.7. The van der Waals surface area contributed by atoms with Crippen molar-refractivity contribution in [1.82, 2.24) is 5.32 Å². The van der Waals surface area contributed by atoms with E-state index in [4.69, 9.17) is 0 Å². The normalized spacial score (nSPS) is 16.7. The molecule has 0 aliphatic heterocycles. The van der Waals surface area contributed by atoms with E-state index in [1.807, 2.05) is 0 Å². The van der Waals surface area contributed by atoms with Gasteiger partial charge >= 0.3 is 0 Å². The van der Waals surface area contributed by atoms with Gasteiger partial charge in [0.2, 0.25) is 0 Å². The highest BCUT2D eigenvalue weighted by Crippen LogP contribution is 2.19. The molecule has 0 atom stereocenters. The van der Waals surface area contributed by atoms with Crippen LogP contribution in [-0.2, 0) is 6.54 Å². The Balaban J connectivity index is 1.86. The molecule has 0 saturated heterocycles. The second-order valence-corrected chi connectivity index (χ2v) is 4.91. The minimum absolute atomic E-state index is 0.638. The van der Waals surface area contributed by atoms with Gasteiger partial charge in [-0.2, -0.15) is 0 Å². The van der Waals surface area contributed by atoms with E-state index in [2.05, 4.69) is 43.4 Å². The standard InChI is InChI=1S/C14H21N/c1-11(2)13-8-6-12(7-9-13)10-15-14-4-3-5-14/h6-9,11,14-15H,3-5,10H2,1-2H3. The molecule has 1 aromatic rings. The summed E-state index contributed by atoms with van der Waals surface area (Å²) in [6.07, 6.45) is 4.14. The molecular weight excluding hydrogens is 182 g/mol. The summed E-state index contributed by atoms with van der Waals surface area (Å²) < 4.78 is 0. The molecule has 1 aromatic carbocycles. The Bertz CT molecular complexity index is 296. The number of hydrogen-bond acceptors (Lipinski definition) is 1. The van der Waals surface area contributed by atoms with Gasteiger partial charge in [-0.05, 0) is 29.9 Å². The summed E-state index contributed by atoms with van der Waals surface area (Å²) >= 11 is 0. The highest BCUT2D eigenvalue weighted by molar-refractivity contribution is 5.24. The molecule has 0 amide bonds. The van der Waals surface area contributed by atoms with Gasteiger partial charge in [0.15, 0.2) is 0 Å². The third-order valence-corrected chi connectivity index (χ3v) is 3.35. The first-order valence-corrected chi connectivity index (χ1v) is 6.08. The van der Waals surface area contributed by atoms with Crippen LogP contribution in [0.15, 0.2) is 24.3 Å². The summed E-state index contributed by atoms with van der Waals surface area (Å²) in [6.45, 7) is 5.51. The minimum Gasteiger partial charge on any atom is -0.310 e. The van der Waals surface area contributed by atoms with Crippen molar-refractivity contribution in [2.24, 2.45) is 0 Å². The van der Waals surface area contributed by atoms with Gasteiger partial charge in [-0.15, -0.1) is 0 Å². The van der Waals surface area contributed by atoms with Gasteiger partial charge in [-0.25, -0.2) is 0 Å². The fourth-order valence-corrected chi connectivity index (χ4v) is 1.89. The predicted molar refractivity (Wildman–Crippen MR) is 65.0 cm³/mol. The number of nitrogens with one attached hydrogen (secondary N) is 1. The molecule has 0 spiro atoms. The lowest BCUT2D eigenvalue weighted by atomic mass is 9.93. The van der Waals surface area contributed by atoms with E-state index in [0.29, 0.717) is 5.92 Å². The van der Waals surface area contributed by atoms with Crippen LogP contribution in [0.5, 0.6) is 0 Å². The van der Waals surface area contributed by atoms with Crippen LogP contribution >= 0.6 is 0 Å². The number of hydrogen-bond donors (Lipinski definition) is 1. The van der Waals surface area contributed by atoms with E-state index in [0.717, 1.165) is 12.6 Å². The van der Waals surface area contributed by atoms with Gasteiger partial charge in [0.05, 0.1) is 0 Å². The van der Waals surface area contributed by atoms with Crippen LogP contribution in [0.2, 0.25) is 0 Å². The molecule has 0 aromatic heterocycles. The van der Waals surface area contributed by atoms with Gasteiger partial charge in [-0.1, -0.05) is 44.5 Å². The van der Waals surface area contributed by atoms with Crippen molar-refractivity contribution in [2.45, 2.75) is 51.6 Å². The molecule has 0 radical (unpaired) electrons. The van der Waals surface area contributed by atoms with Crippen LogP contribution in [0, 0.1) is 0 Å². The molecular formula is C14H21N. The van der Waals surface area contributed by atoms with Gasteiger partial charge in [0.1, 0.15) is 0 Å². The Hall–Kier alpha value is -0.820. The summed E-state index contributed by atoms with van der Waals surface area (Å²) in [6, 6.07) is 9.79. The maximum atomic E-state index is 3.58. The van der Waals surface area contributed by atoms with Crippen molar-refractivity contribution in [3.05, 3.63) is 35.4 Å². The monoisotopic (exact) mass is 203 g/mol. The van der Waals surface area contributed by atoms with E-state index in [1.54, 1.807) is 0 Å². The lowest BCUT2D eigenvalue weighted by Crippen LogP contribution is -2.34. The predicted octanol–water partition coefficient (Wildman–Crippen LogP) is 3.45. The Labute approximate surface area is 92.9 Å². The van der Waals surface area contributed by atoms with Crippen LogP contribution in [0.4, 0.5) is 0 Å². The van der Waals surface area contributed by atoms with Gasteiger partial charge < -0.3 is 5.32 Å². The molecule has 2 rings (SSSR count). The number of rotatable bonds is 4. The van der Waals surface area contributed by atoms with E-state index >= 15 is 0 Å². The van der Waals surface area contributed by atoms with Crippen molar-refractivity contribution >= 4 is 0 Å². The zero-order valence-electron chi connectivity index (χ0n) is 9.79. The van der Waals surface area contributed by atoms with Gasteiger partial charge in [-0.3, -0.25) is 0 Å². The largest absolute Gasteiger partial charge is 0.310 e.